The Kier molecular flexibility index (Phi) is 3.83. The molecule has 0 aromatic rings. The summed E-state index contributed by atoms with van der Waals surface area (Å²) in [5, 5.41) is 16.2. The fourth-order valence-electron chi connectivity index (χ4n) is 0.368. The molecule has 7 heteroatoms. The summed E-state index contributed by atoms with van der Waals surface area (Å²) in [5.41, 5.74) is 0. The highest BCUT2D eigenvalue weighted by molar-refractivity contribution is 8.11. The Morgan fingerprint density at radius 2 is 1.64 bits per heavy atom. The fraction of sp³-hybridized carbons (Fsp3) is 0.500. The molecule has 0 saturated heterocycles. The minimum Gasteiger partial charge on any atom is -0.197 e. The number of nitriles is 2. The number of hydrogen-bond donors (Lipinski definition) is 0. The molecule has 0 heterocycles. The van der Waals surface area contributed by atoms with E-state index in [9.17, 15) is 8.42 Å². The first-order chi connectivity index (χ1) is 5.02. The molecule has 11 heavy (non-hydrogen) atoms. The molecule has 0 aliphatic rings. The van der Waals surface area contributed by atoms with Gasteiger partial charge in [-0.25, -0.2) is 0 Å². The standard InChI is InChI=1S/C4H4ClN3O2S/c5-11(9,10)8(3-1-6)4-2-7/h3-4H2. The Hall–Kier alpha value is -0.820. The van der Waals surface area contributed by atoms with Gasteiger partial charge >= 0.3 is 9.24 Å². The second-order valence-electron chi connectivity index (χ2n) is 1.53. The zero-order valence-corrected chi connectivity index (χ0v) is 6.93. The van der Waals surface area contributed by atoms with Gasteiger partial charge in [0.15, 0.2) is 0 Å². The quantitative estimate of drug-likeness (QED) is 0.460. The van der Waals surface area contributed by atoms with E-state index < -0.39 is 22.3 Å². The van der Waals surface area contributed by atoms with Gasteiger partial charge in [-0.15, -0.1) is 0 Å². The number of rotatable bonds is 3. The van der Waals surface area contributed by atoms with Crippen molar-refractivity contribution in [2.75, 3.05) is 13.1 Å². The van der Waals surface area contributed by atoms with Crippen LogP contribution >= 0.6 is 10.7 Å². The Bertz CT molecular complexity index is 282. The third-order valence-corrected chi connectivity index (χ3v) is 2.26. The number of nitrogens with zero attached hydrogens (tertiary/aromatic N) is 3. The van der Waals surface area contributed by atoms with E-state index in [0.717, 1.165) is 0 Å². The van der Waals surface area contributed by atoms with E-state index >= 15 is 0 Å². The van der Waals surface area contributed by atoms with Gasteiger partial charge in [0.05, 0.1) is 12.1 Å². The highest BCUT2D eigenvalue weighted by Crippen LogP contribution is 2.03. The molecule has 0 atom stereocenters. The maximum atomic E-state index is 10.5. The molecule has 0 spiro atoms. The molecule has 0 rings (SSSR count). The molecule has 0 unspecified atom stereocenters. The molecule has 0 aliphatic carbocycles. The van der Waals surface area contributed by atoms with E-state index in [2.05, 4.69) is 0 Å². The summed E-state index contributed by atoms with van der Waals surface area (Å²) in [6.45, 7) is -0.807. The van der Waals surface area contributed by atoms with Gasteiger partial charge < -0.3 is 0 Å². The van der Waals surface area contributed by atoms with Crippen molar-refractivity contribution in [3.8, 4) is 12.1 Å². The van der Waals surface area contributed by atoms with Crippen LogP contribution in [0.15, 0.2) is 0 Å². The lowest BCUT2D eigenvalue weighted by molar-refractivity contribution is 0.494. The Balaban J connectivity index is 4.41. The summed E-state index contributed by atoms with van der Waals surface area (Å²) in [6, 6.07) is 3.14. The summed E-state index contributed by atoms with van der Waals surface area (Å²) in [7, 11) is 0.924. The lowest BCUT2D eigenvalue weighted by Crippen LogP contribution is -2.27. The fourth-order valence-corrected chi connectivity index (χ4v) is 1.08. The van der Waals surface area contributed by atoms with E-state index in [1.165, 1.54) is 0 Å². The summed E-state index contributed by atoms with van der Waals surface area (Å²) in [6.07, 6.45) is 0. The maximum Gasteiger partial charge on any atom is 0.301 e. The molecule has 60 valence electrons. The minimum absolute atomic E-state index is 0.403. The highest BCUT2D eigenvalue weighted by Gasteiger charge is 2.17. The van der Waals surface area contributed by atoms with Crippen molar-refractivity contribution in [3.05, 3.63) is 0 Å². The van der Waals surface area contributed by atoms with Crippen LogP contribution in [0.3, 0.4) is 0 Å². The Labute approximate surface area is 68.9 Å². The Morgan fingerprint density at radius 1 is 1.27 bits per heavy atom. The maximum absolute atomic E-state index is 10.5. The van der Waals surface area contributed by atoms with Crippen molar-refractivity contribution in [1.82, 2.24) is 4.31 Å². The van der Waals surface area contributed by atoms with E-state index in [4.69, 9.17) is 21.2 Å². The van der Waals surface area contributed by atoms with Crippen LogP contribution in [0.1, 0.15) is 0 Å². The van der Waals surface area contributed by atoms with Gasteiger partial charge in [-0.1, -0.05) is 0 Å². The molecule has 0 aromatic heterocycles. The molecule has 5 nitrogen and oxygen atoms in total. The summed E-state index contributed by atoms with van der Waals surface area (Å²) < 4.78 is 21.6. The van der Waals surface area contributed by atoms with Gasteiger partial charge in [-0.2, -0.15) is 23.2 Å². The molecular formula is C4H4ClN3O2S. The molecule has 0 amide bonds. The van der Waals surface area contributed by atoms with Gasteiger partial charge in [0.2, 0.25) is 0 Å². The van der Waals surface area contributed by atoms with Crippen LogP contribution in [0.25, 0.3) is 0 Å². The second-order valence-corrected chi connectivity index (χ2v) is 4.04. The smallest absolute Gasteiger partial charge is 0.197 e. The molecule has 0 bridgehead atoms. The normalized spacial score (nSPS) is 10.5. The predicted molar refractivity (Wildman–Crippen MR) is 37.6 cm³/mol. The molecular weight excluding hydrogens is 190 g/mol. The van der Waals surface area contributed by atoms with Crippen LogP contribution in [0, 0.1) is 22.7 Å². The third-order valence-electron chi connectivity index (χ3n) is 0.803. The van der Waals surface area contributed by atoms with E-state index in [-0.39, 0.29) is 0 Å². The lowest BCUT2D eigenvalue weighted by Gasteiger charge is -2.08. The minimum atomic E-state index is -3.93. The SMILES string of the molecule is N#CCN(CC#N)S(=O)(=O)Cl. The van der Waals surface area contributed by atoms with Crippen LogP contribution in [-0.2, 0) is 9.24 Å². The van der Waals surface area contributed by atoms with Crippen LogP contribution in [0.4, 0.5) is 0 Å². The first-order valence-electron chi connectivity index (χ1n) is 2.46. The molecule has 0 aliphatic heterocycles. The number of hydrogen-bond acceptors (Lipinski definition) is 4. The average Bonchev–Trinajstić information content (AvgIpc) is 1.85. The van der Waals surface area contributed by atoms with Gasteiger partial charge in [0.1, 0.15) is 13.1 Å². The summed E-state index contributed by atoms with van der Waals surface area (Å²) >= 11 is 0. The second kappa shape index (κ2) is 4.14. The van der Waals surface area contributed by atoms with E-state index in [1.54, 1.807) is 12.1 Å². The molecule has 0 N–H and O–H groups in total. The van der Waals surface area contributed by atoms with Crippen molar-refractivity contribution >= 4 is 19.9 Å². The molecule has 0 radical (unpaired) electrons. The molecule has 0 fully saturated rings. The monoisotopic (exact) mass is 193 g/mol. The lowest BCUT2D eigenvalue weighted by atomic mass is 10.6. The van der Waals surface area contributed by atoms with Crippen LogP contribution in [-0.4, -0.2) is 25.8 Å². The van der Waals surface area contributed by atoms with Gasteiger partial charge in [-0.3, -0.25) is 0 Å². The van der Waals surface area contributed by atoms with E-state index in [1.807, 2.05) is 0 Å². The van der Waals surface area contributed by atoms with Crippen LogP contribution < -0.4 is 0 Å². The number of halogens is 1. The van der Waals surface area contributed by atoms with Crippen molar-refractivity contribution in [3.63, 3.8) is 0 Å². The van der Waals surface area contributed by atoms with E-state index in [0.29, 0.717) is 4.31 Å². The highest BCUT2D eigenvalue weighted by atomic mass is 35.7. The summed E-state index contributed by atoms with van der Waals surface area (Å²) in [5.74, 6) is 0. The van der Waals surface area contributed by atoms with Gasteiger partial charge in [0.25, 0.3) is 0 Å². The van der Waals surface area contributed by atoms with Crippen LogP contribution in [0.5, 0.6) is 0 Å². The first kappa shape index (κ1) is 10.2. The van der Waals surface area contributed by atoms with Crippen molar-refractivity contribution < 1.29 is 8.42 Å². The van der Waals surface area contributed by atoms with Gasteiger partial charge in [-0.05, 0) is 0 Å². The third kappa shape index (κ3) is 3.79. The average molecular weight is 194 g/mol. The predicted octanol–water partition coefficient (Wildman–Crippen LogP) is -0.181. The Morgan fingerprint density at radius 3 is 1.82 bits per heavy atom. The summed E-state index contributed by atoms with van der Waals surface area (Å²) in [4.78, 5) is 0. The first-order valence-corrected chi connectivity index (χ1v) is 4.72. The van der Waals surface area contributed by atoms with Crippen molar-refractivity contribution in [2.45, 2.75) is 0 Å². The van der Waals surface area contributed by atoms with Crippen molar-refractivity contribution in [1.29, 1.82) is 10.5 Å². The topological polar surface area (TPSA) is 85.0 Å². The molecule has 0 aromatic carbocycles. The van der Waals surface area contributed by atoms with Crippen LogP contribution in [0.2, 0.25) is 0 Å². The zero-order chi connectivity index (χ0) is 8.91. The zero-order valence-electron chi connectivity index (χ0n) is 5.36. The van der Waals surface area contributed by atoms with Gasteiger partial charge in [0, 0.05) is 10.7 Å². The van der Waals surface area contributed by atoms with Crippen molar-refractivity contribution in [2.24, 2.45) is 0 Å². The molecule has 0 saturated carbocycles. The largest absolute Gasteiger partial charge is 0.301 e.